The van der Waals surface area contributed by atoms with Gasteiger partial charge in [-0.25, -0.2) is 0 Å². The van der Waals surface area contributed by atoms with Crippen molar-refractivity contribution in [2.24, 2.45) is 5.92 Å². The first-order valence-electron chi connectivity index (χ1n) is 5.84. The fourth-order valence-corrected chi connectivity index (χ4v) is 1.83. The largest absolute Gasteiger partial charge is 0.405 e. The molecule has 1 aliphatic heterocycles. The standard InChI is InChI=1S/C11H16F3N3O/c1-8(10(18)17-4-2-3-5-17)16-7-9(6-15)11(12,13)14/h8-9,16H,2-5,7H2,1H3. The maximum absolute atomic E-state index is 12.3. The molecule has 1 saturated heterocycles. The third kappa shape index (κ3) is 3.88. The molecule has 0 spiro atoms. The number of rotatable bonds is 4. The van der Waals surface area contributed by atoms with Crippen LogP contribution in [-0.4, -0.2) is 42.7 Å². The lowest BCUT2D eigenvalue weighted by atomic mass is 10.1. The van der Waals surface area contributed by atoms with Gasteiger partial charge in [0.15, 0.2) is 5.92 Å². The summed E-state index contributed by atoms with van der Waals surface area (Å²) in [6.07, 6.45) is -2.69. The zero-order valence-electron chi connectivity index (χ0n) is 10.1. The monoisotopic (exact) mass is 263 g/mol. The van der Waals surface area contributed by atoms with E-state index in [0.29, 0.717) is 13.1 Å². The van der Waals surface area contributed by atoms with E-state index in [0.717, 1.165) is 12.8 Å². The molecule has 1 aliphatic rings. The molecular formula is C11H16F3N3O. The Morgan fingerprint density at radius 1 is 1.44 bits per heavy atom. The summed E-state index contributed by atoms with van der Waals surface area (Å²) < 4.78 is 36.9. The van der Waals surface area contributed by atoms with E-state index < -0.39 is 24.7 Å². The van der Waals surface area contributed by atoms with E-state index in [2.05, 4.69) is 5.32 Å². The molecule has 0 radical (unpaired) electrons. The van der Waals surface area contributed by atoms with Crippen molar-refractivity contribution in [1.29, 1.82) is 5.26 Å². The van der Waals surface area contributed by atoms with Crippen molar-refractivity contribution < 1.29 is 18.0 Å². The molecule has 0 bridgehead atoms. The summed E-state index contributed by atoms with van der Waals surface area (Å²) in [5.41, 5.74) is 0. The third-order valence-electron chi connectivity index (χ3n) is 2.97. The molecule has 0 aromatic heterocycles. The van der Waals surface area contributed by atoms with Crippen molar-refractivity contribution in [3.63, 3.8) is 0 Å². The van der Waals surface area contributed by atoms with Crippen LogP contribution in [0.1, 0.15) is 19.8 Å². The van der Waals surface area contributed by atoms with Crippen LogP contribution in [0.25, 0.3) is 0 Å². The molecule has 4 nitrogen and oxygen atoms in total. The van der Waals surface area contributed by atoms with Gasteiger partial charge in [0.25, 0.3) is 0 Å². The highest BCUT2D eigenvalue weighted by Gasteiger charge is 2.40. The lowest BCUT2D eigenvalue weighted by molar-refractivity contribution is -0.158. The highest BCUT2D eigenvalue weighted by atomic mass is 19.4. The van der Waals surface area contributed by atoms with Crippen LogP contribution < -0.4 is 5.32 Å². The Morgan fingerprint density at radius 2 is 2.00 bits per heavy atom. The molecule has 0 aliphatic carbocycles. The van der Waals surface area contributed by atoms with Gasteiger partial charge in [-0.05, 0) is 19.8 Å². The number of hydrogen-bond donors (Lipinski definition) is 1. The van der Waals surface area contributed by atoms with Crippen molar-refractivity contribution in [2.45, 2.75) is 32.0 Å². The Labute approximate surface area is 104 Å². The highest BCUT2D eigenvalue weighted by molar-refractivity contribution is 5.81. The predicted molar refractivity (Wildman–Crippen MR) is 58.4 cm³/mol. The molecule has 1 N–H and O–H groups in total. The summed E-state index contributed by atoms with van der Waals surface area (Å²) in [6.45, 7) is 2.28. The molecule has 1 fully saturated rings. The van der Waals surface area contributed by atoms with Gasteiger partial charge in [0, 0.05) is 19.6 Å². The van der Waals surface area contributed by atoms with Crippen molar-refractivity contribution in [1.82, 2.24) is 10.2 Å². The molecule has 0 aromatic carbocycles. The molecule has 7 heteroatoms. The number of alkyl halides is 3. The minimum absolute atomic E-state index is 0.202. The number of carbonyl (C=O) groups excluding carboxylic acids is 1. The maximum Gasteiger partial charge on any atom is 0.405 e. The van der Waals surface area contributed by atoms with Crippen LogP contribution in [0.15, 0.2) is 0 Å². The average molecular weight is 263 g/mol. The van der Waals surface area contributed by atoms with Gasteiger partial charge >= 0.3 is 6.18 Å². The van der Waals surface area contributed by atoms with Gasteiger partial charge in [-0.2, -0.15) is 18.4 Å². The second-order valence-electron chi connectivity index (χ2n) is 4.39. The zero-order chi connectivity index (χ0) is 13.8. The van der Waals surface area contributed by atoms with Crippen molar-refractivity contribution in [2.75, 3.05) is 19.6 Å². The molecule has 1 heterocycles. The first kappa shape index (κ1) is 14.8. The summed E-state index contributed by atoms with van der Waals surface area (Å²) >= 11 is 0. The number of halogens is 3. The molecule has 1 amide bonds. The Hall–Kier alpha value is -1.29. The van der Waals surface area contributed by atoms with E-state index in [-0.39, 0.29) is 5.91 Å². The van der Waals surface area contributed by atoms with Gasteiger partial charge in [0.05, 0.1) is 12.1 Å². The van der Waals surface area contributed by atoms with Crippen LogP contribution >= 0.6 is 0 Å². The second-order valence-corrected chi connectivity index (χ2v) is 4.39. The quantitative estimate of drug-likeness (QED) is 0.831. The number of nitrogens with one attached hydrogen (secondary N) is 1. The smallest absolute Gasteiger partial charge is 0.341 e. The van der Waals surface area contributed by atoms with Gasteiger partial charge in [0.1, 0.15) is 0 Å². The average Bonchev–Trinajstić information content (AvgIpc) is 2.80. The zero-order valence-corrected chi connectivity index (χ0v) is 10.1. The SMILES string of the molecule is CC(NCC(C#N)C(F)(F)F)C(=O)N1CCCC1. The van der Waals surface area contributed by atoms with E-state index in [1.807, 2.05) is 0 Å². The van der Waals surface area contributed by atoms with Crippen LogP contribution in [0, 0.1) is 17.2 Å². The van der Waals surface area contributed by atoms with Crippen LogP contribution in [0.4, 0.5) is 13.2 Å². The summed E-state index contributed by atoms with van der Waals surface area (Å²) in [4.78, 5) is 13.4. The number of carbonyl (C=O) groups is 1. The maximum atomic E-state index is 12.3. The first-order chi connectivity index (χ1) is 8.36. The fraction of sp³-hybridized carbons (Fsp3) is 0.818. The number of nitriles is 1. The number of nitrogens with zero attached hydrogens (tertiary/aromatic N) is 2. The molecule has 18 heavy (non-hydrogen) atoms. The Bertz CT molecular complexity index is 331. The van der Waals surface area contributed by atoms with Crippen LogP contribution in [0.2, 0.25) is 0 Å². The lowest BCUT2D eigenvalue weighted by Gasteiger charge is -2.22. The Balaban J connectivity index is 2.42. The van der Waals surface area contributed by atoms with E-state index in [1.54, 1.807) is 4.90 Å². The van der Waals surface area contributed by atoms with Crippen molar-refractivity contribution in [3.8, 4) is 6.07 Å². The van der Waals surface area contributed by atoms with Gasteiger partial charge in [-0.15, -0.1) is 0 Å². The van der Waals surface area contributed by atoms with E-state index in [4.69, 9.17) is 5.26 Å². The molecule has 102 valence electrons. The summed E-state index contributed by atoms with van der Waals surface area (Å²) in [5.74, 6) is -2.28. The molecule has 0 saturated carbocycles. The van der Waals surface area contributed by atoms with Crippen LogP contribution in [0.3, 0.4) is 0 Å². The topological polar surface area (TPSA) is 56.1 Å². The van der Waals surface area contributed by atoms with Crippen LogP contribution in [0.5, 0.6) is 0 Å². The normalized spacial score (nSPS) is 19.4. The summed E-state index contributed by atoms with van der Waals surface area (Å²) in [7, 11) is 0. The fourth-order valence-electron chi connectivity index (χ4n) is 1.83. The number of amides is 1. The predicted octanol–water partition coefficient (Wildman–Crippen LogP) is 1.29. The number of likely N-dealkylation sites (tertiary alicyclic amines) is 1. The van der Waals surface area contributed by atoms with Crippen LogP contribution in [-0.2, 0) is 4.79 Å². The molecule has 2 unspecified atom stereocenters. The Morgan fingerprint density at radius 3 is 2.44 bits per heavy atom. The second kappa shape index (κ2) is 6.05. The number of hydrogen-bond acceptors (Lipinski definition) is 3. The summed E-state index contributed by atoms with van der Waals surface area (Å²) in [5, 5.41) is 10.9. The highest BCUT2D eigenvalue weighted by Crippen LogP contribution is 2.25. The van der Waals surface area contributed by atoms with Crippen molar-refractivity contribution in [3.05, 3.63) is 0 Å². The Kier molecular flexibility index (Phi) is 4.96. The molecular weight excluding hydrogens is 247 g/mol. The van der Waals surface area contributed by atoms with E-state index in [1.165, 1.54) is 13.0 Å². The van der Waals surface area contributed by atoms with Crippen molar-refractivity contribution >= 4 is 5.91 Å². The third-order valence-corrected chi connectivity index (χ3v) is 2.97. The van der Waals surface area contributed by atoms with Gasteiger partial charge in [-0.1, -0.05) is 0 Å². The molecule has 2 atom stereocenters. The van der Waals surface area contributed by atoms with E-state index in [9.17, 15) is 18.0 Å². The molecule has 1 rings (SSSR count). The van der Waals surface area contributed by atoms with E-state index >= 15 is 0 Å². The molecule has 0 aromatic rings. The lowest BCUT2D eigenvalue weighted by Crippen LogP contribution is -2.46. The minimum Gasteiger partial charge on any atom is -0.341 e. The summed E-state index contributed by atoms with van der Waals surface area (Å²) in [6, 6.07) is 0.500. The minimum atomic E-state index is -4.56. The first-order valence-corrected chi connectivity index (χ1v) is 5.84. The van der Waals surface area contributed by atoms with Gasteiger partial charge < -0.3 is 10.2 Å². The van der Waals surface area contributed by atoms with Gasteiger partial charge in [-0.3, -0.25) is 4.79 Å². The van der Waals surface area contributed by atoms with Gasteiger partial charge in [0.2, 0.25) is 5.91 Å².